The summed E-state index contributed by atoms with van der Waals surface area (Å²) in [6, 6.07) is 4.88. The van der Waals surface area contributed by atoms with E-state index in [2.05, 4.69) is 4.90 Å². The highest BCUT2D eigenvalue weighted by Gasteiger charge is 2.32. The summed E-state index contributed by atoms with van der Waals surface area (Å²) in [7, 11) is 3.44. The van der Waals surface area contributed by atoms with Crippen molar-refractivity contribution in [2.24, 2.45) is 0 Å². The predicted molar refractivity (Wildman–Crippen MR) is 68.3 cm³/mol. The monoisotopic (exact) mass is 253 g/mol. The molecule has 2 rings (SSSR count). The fourth-order valence-electron chi connectivity index (χ4n) is 2.68. The molecule has 4 heteroatoms. The molecule has 0 saturated carbocycles. The average molecular weight is 253 g/mol. The summed E-state index contributed by atoms with van der Waals surface area (Å²) < 4.78 is 18.5. The van der Waals surface area contributed by atoms with Crippen LogP contribution >= 0.6 is 0 Å². The van der Waals surface area contributed by atoms with Gasteiger partial charge in [0.15, 0.2) is 11.6 Å². The maximum atomic E-state index is 13.6. The first-order chi connectivity index (χ1) is 8.52. The van der Waals surface area contributed by atoms with Crippen molar-refractivity contribution in [3.8, 4) is 5.75 Å². The van der Waals surface area contributed by atoms with Crippen LogP contribution in [0.4, 0.5) is 4.39 Å². The summed E-state index contributed by atoms with van der Waals surface area (Å²) in [5.41, 5.74) is 0.0692. The number of likely N-dealkylation sites (N-methyl/N-ethyl adjacent to an activating group) is 1. The molecule has 1 aromatic carbocycles. The molecule has 1 fully saturated rings. The Morgan fingerprint density at radius 3 is 2.89 bits per heavy atom. The lowest BCUT2D eigenvalue weighted by Crippen LogP contribution is -2.47. The Bertz CT molecular complexity index is 424. The van der Waals surface area contributed by atoms with Gasteiger partial charge in [0, 0.05) is 13.0 Å². The van der Waals surface area contributed by atoms with Crippen molar-refractivity contribution in [1.29, 1.82) is 0 Å². The zero-order valence-electron chi connectivity index (χ0n) is 10.9. The molecular formula is C14H20FNO2. The Balaban J connectivity index is 2.11. The topological polar surface area (TPSA) is 32.7 Å². The van der Waals surface area contributed by atoms with Crippen LogP contribution in [-0.2, 0) is 6.42 Å². The van der Waals surface area contributed by atoms with Gasteiger partial charge in [-0.2, -0.15) is 0 Å². The molecule has 1 atom stereocenters. The number of hydrogen-bond acceptors (Lipinski definition) is 3. The number of methoxy groups -OCH3 is 1. The lowest BCUT2D eigenvalue weighted by Gasteiger charge is -2.37. The minimum Gasteiger partial charge on any atom is -0.494 e. The standard InChI is InChI=1S/C14H20FNO2/c1-16-7-3-6-14(17,10-16)9-11-4-5-13(18-2)12(15)8-11/h4-5,8,17H,3,6-7,9-10H2,1-2H3. The molecule has 3 nitrogen and oxygen atoms in total. The number of aliphatic hydroxyl groups is 1. The zero-order valence-corrected chi connectivity index (χ0v) is 10.9. The molecule has 1 saturated heterocycles. The first-order valence-electron chi connectivity index (χ1n) is 6.26. The van der Waals surface area contributed by atoms with E-state index in [1.54, 1.807) is 6.07 Å². The molecule has 1 N–H and O–H groups in total. The van der Waals surface area contributed by atoms with Crippen LogP contribution in [0, 0.1) is 5.82 Å². The van der Waals surface area contributed by atoms with E-state index in [4.69, 9.17) is 4.74 Å². The van der Waals surface area contributed by atoms with Crippen LogP contribution in [0.15, 0.2) is 18.2 Å². The van der Waals surface area contributed by atoms with Gasteiger partial charge >= 0.3 is 0 Å². The zero-order chi connectivity index (χ0) is 13.2. The molecular weight excluding hydrogens is 233 g/mol. The highest BCUT2D eigenvalue weighted by atomic mass is 19.1. The molecule has 0 bridgehead atoms. The van der Waals surface area contributed by atoms with E-state index in [1.807, 2.05) is 13.1 Å². The Kier molecular flexibility index (Phi) is 3.88. The van der Waals surface area contributed by atoms with Crippen molar-refractivity contribution < 1.29 is 14.2 Å². The number of hydrogen-bond donors (Lipinski definition) is 1. The van der Waals surface area contributed by atoms with Crippen LogP contribution in [0.25, 0.3) is 0 Å². The molecule has 1 heterocycles. The third kappa shape index (κ3) is 3.00. The van der Waals surface area contributed by atoms with Gasteiger partial charge in [0.05, 0.1) is 12.7 Å². The summed E-state index contributed by atoms with van der Waals surface area (Å²) in [6.07, 6.45) is 2.23. The highest BCUT2D eigenvalue weighted by molar-refractivity contribution is 5.30. The first kappa shape index (κ1) is 13.3. The number of ether oxygens (including phenoxy) is 1. The molecule has 1 aliphatic heterocycles. The Hall–Kier alpha value is -1.13. The lowest BCUT2D eigenvalue weighted by atomic mass is 9.87. The second-order valence-corrected chi connectivity index (χ2v) is 5.21. The molecule has 1 aliphatic rings. The van der Waals surface area contributed by atoms with Crippen LogP contribution in [0.5, 0.6) is 5.75 Å². The molecule has 100 valence electrons. The molecule has 1 unspecified atom stereocenters. The van der Waals surface area contributed by atoms with Crippen molar-refractivity contribution in [2.75, 3.05) is 27.2 Å². The number of benzene rings is 1. The number of β-amino-alcohol motifs (C(OH)–C–C–N with tert-alkyl or cyclic N) is 1. The summed E-state index contributed by atoms with van der Waals surface area (Å²) in [4.78, 5) is 2.11. The fraction of sp³-hybridized carbons (Fsp3) is 0.571. The van der Waals surface area contributed by atoms with E-state index in [-0.39, 0.29) is 11.6 Å². The molecule has 0 amide bonds. The van der Waals surface area contributed by atoms with Crippen LogP contribution < -0.4 is 4.74 Å². The third-order valence-electron chi connectivity index (χ3n) is 3.50. The van der Waals surface area contributed by atoms with Gasteiger partial charge in [-0.05, 0) is 44.1 Å². The Morgan fingerprint density at radius 2 is 2.28 bits per heavy atom. The smallest absolute Gasteiger partial charge is 0.165 e. The fourth-order valence-corrected chi connectivity index (χ4v) is 2.68. The van der Waals surface area contributed by atoms with Crippen LogP contribution in [-0.4, -0.2) is 42.9 Å². The normalized spacial score (nSPS) is 25.1. The Labute approximate surface area is 107 Å². The first-order valence-corrected chi connectivity index (χ1v) is 6.26. The van der Waals surface area contributed by atoms with Gasteiger partial charge < -0.3 is 14.7 Å². The molecule has 0 aliphatic carbocycles. The van der Waals surface area contributed by atoms with Gasteiger partial charge in [-0.25, -0.2) is 4.39 Å². The second-order valence-electron chi connectivity index (χ2n) is 5.21. The maximum Gasteiger partial charge on any atom is 0.165 e. The molecule has 0 radical (unpaired) electrons. The van der Waals surface area contributed by atoms with Crippen LogP contribution in [0.2, 0.25) is 0 Å². The van der Waals surface area contributed by atoms with Crippen LogP contribution in [0.1, 0.15) is 18.4 Å². The van der Waals surface area contributed by atoms with Gasteiger partial charge in [0.2, 0.25) is 0 Å². The quantitative estimate of drug-likeness (QED) is 0.892. The van der Waals surface area contributed by atoms with Crippen molar-refractivity contribution in [1.82, 2.24) is 4.90 Å². The predicted octanol–water partition coefficient (Wildman–Crippen LogP) is 1.83. The number of halogens is 1. The van der Waals surface area contributed by atoms with Crippen LogP contribution in [0.3, 0.4) is 0 Å². The number of nitrogens with zero attached hydrogens (tertiary/aromatic N) is 1. The van der Waals surface area contributed by atoms with E-state index < -0.39 is 5.60 Å². The van der Waals surface area contributed by atoms with Crippen molar-refractivity contribution in [3.63, 3.8) is 0 Å². The van der Waals surface area contributed by atoms with Crippen molar-refractivity contribution >= 4 is 0 Å². The van der Waals surface area contributed by atoms with E-state index in [1.165, 1.54) is 13.2 Å². The summed E-state index contributed by atoms with van der Waals surface area (Å²) in [5, 5.41) is 10.5. The SMILES string of the molecule is COc1ccc(CC2(O)CCCN(C)C2)cc1F. The molecule has 1 aromatic rings. The lowest BCUT2D eigenvalue weighted by molar-refractivity contribution is -0.0224. The van der Waals surface area contributed by atoms with Gasteiger partial charge in [0.1, 0.15) is 0 Å². The highest BCUT2D eigenvalue weighted by Crippen LogP contribution is 2.26. The summed E-state index contributed by atoms with van der Waals surface area (Å²) >= 11 is 0. The largest absolute Gasteiger partial charge is 0.494 e. The van der Waals surface area contributed by atoms with Gasteiger partial charge in [-0.15, -0.1) is 0 Å². The number of piperidine rings is 1. The van der Waals surface area contributed by atoms with Crippen molar-refractivity contribution in [3.05, 3.63) is 29.6 Å². The number of likely N-dealkylation sites (tertiary alicyclic amines) is 1. The molecule has 0 aromatic heterocycles. The van der Waals surface area contributed by atoms with Crippen molar-refractivity contribution in [2.45, 2.75) is 24.9 Å². The summed E-state index contributed by atoms with van der Waals surface area (Å²) in [6.45, 7) is 1.65. The third-order valence-corrected chi connectivity index (χ3v) is 3.50. The Morgan fingerprint density at radius 1 is 1.50 bits per heavy atom. The maximum absolute atomic E-state index is 13.6. The molecule has 0 spiro atoms. The summed E-state index contributed by atoms with van der Waals surface area (Å²) in [5.74, 6) is -0.130. The van der Waals surface area contributed by atoms with Gasteiger partial charge in [-0.3, -0.25) is 0 Å². The van der Waals surface area contributed by atoms with E-state index in [9.17, 15) is 9.50 Å². The van der Waals surface area contributed by atoms with Gasteiger partial charge in [0.25, 0.3) is 0 Å². The minimum atomic E-state index is -0.742. The average Bonchev–Trinajstić information content (AvgIpc) is 2.28. The van der Waals surface area contributed by atoms with E-state index in [0.717, 1.165) is 24.9 Å². The van der Waals surface area contributed by atoms with Gasteiger partial charge in [-0.1, -0.05) is 6.07 Å². The number of rotatable bonds is 3. The van der Waals surface area contributed by atoms with E-state index >= 15 is 0 Å². The molecule has 18 heavy (non-hydrogen) atoms. The second kappa shape index (κ2) is 5.24. The van der Waals surface area contributed by atoms with E-state index in [0.29, 0.717) is 13.0 Å². The minimum absolute atomic E-state index is 0.242.